The summed E-state index contributed by atoms with van der Waals surface area (Å²) in [7, 11) is 4.25. The van der Waals surface area contributed by atoms with E-state index >= 15 is 0 Å². The van der Waals surface area contributed by atoms with Crippen LogP contribution in [-0.4, -0.2) is 33.3 Å². The van der Waals surface area contributed by atoms with Crippen LogP contribution in [0, 0.1) is 6.92 Å². The Kier molecular flexibility index (Phi) is 5.47. The molecule has 0 aliphatic carbocycles. The summed E-state index contributed by atoms with van der Waals surface area (Å²) in [4.78, 5) is 23.6. The van der Waals surface area contributed by atoms with Crippen molar-refractivity contribution in [3.8, 4) is 11.5 Å². The summed E-state index contributed by atoms with van der Waals surface area (Å²) in [5.74, 6) is 0.248. The van der Waals surface area contributed by atoms with Crippen molar-refractivity contribution in [3.05, 3.63) is 46.9 Å². The number of rotatable bonds is 6. The summed E-state index contributed by atoms with van der Waals surface area (Å²) in [6.07, 6.45) is 0. The first kappa shape index (κ1) is 17.4. The van der Waals surface area contributed by atoms with Crippen molar-refractivity contribution < 1.29 is 33.0 Å². The van der Waals surface area contributed by atoms with Gasteiger partial charge in [0.2, 0.25) is 5.76 Å². The lowest BCUT2D eigenvalue weighted by Crippen LogP contribution is -2.05. The monoisotopic (exact) mass is 334 g/mol. The summed E-state index contributed by atoms with van der Waals surface area (Å²) < 4.78 is 25.4. The molecule has 0 fully saturated rings. The summed E-state index contributed by atoms with van der Waals surface area (Å²) >= 11 is 0. The molecule has 0 N–H and O–H groups in total. The van der Waals surface area contributed by atoms with Crippen molar-refractivity contribution in [2.45, 2.75) is 13.5 Å². The SMILES string of the molecule is COC(=O)c1oc(COC(=O)c2ccc(OC)c(OC)c2)cc1C. The van der Waals surface area contributed by atoms with Gasteiger partial charge in [0.25, 0.3) is 0 Å². The first-order valence-corrected chi connectivity index (χ1v) is 7.07. The predicted molar refractivity (Wildman–Crippen MR) is 83.5 cm³/mol. The molecule has 1 aromatic heterocycles. The van der Waals surface area contributed by atoms with Crippen molar-refractivity contribution in [2.75, 3.05) is 21.3 Å². The highest BCUT2D eigenvalue weighted by Gasteiger charge is 2.18. The van der Waals surface area contributed by atoms with Crippen LogP contribution in [0.5, 0.6) is 11.5 Å². The lowest BCUT2D eigenvalue weighted by molar-refractivity contribution is 0.0438. The van der Waals surface area contributed by atoms with E-state index in [1.54, 1.807) is 25.1 Å². The van der Waals surface area contributed by atoms with E-state index in [1.165, 1.54) is 27.4 Å². The molecule has 0 bridgehead atoms. The standard InChI is InChI=1S/C17H18O7/c1-10-7-12(24-15(10)17(19)22-4)9-23-16(18)11-5-6-13(20-2)14(8-11)21-3/h5-8H,9H2,1-4H3. The highest BCUT2D eigenvalue weighted by Crippen LogP contribution is 2.28. The Labute approximate surface area is 139 Å². The second-order valence-electron chi connectivity index (χ2n) is 4.86. The van der Waals surface area contributed by atoms with Crippen LogP contribution in [0.1, 0.15) is 32.2 Å². The van der Waals surface area contributed by atoms with Gasteiger partial charge in [-0.25, -0.2) is 9.59 Å². The number of benzene rings is 1. The Hall–Kier alpha value is -2.96. The molecular weight excluding hydrogens is 316 g/mol. The molecule has 7 nitrogen and oxygen atoms in total. The highest BCUT2D eigenvalue weighted by atomic mass is 16.6. The summed E-state index contributed by atoms with van der Waals surface area (Å²) in [6, 6.07) is 6.32. The average Bonchev–Trinajstić information content (AvgIpc) is 2.98. The van der Waals surface area contributed by atoms with Crippen molar-refractivity contribution in [1.82, 2.24) is 0 Å². The maximum atomic E-state index is 12.1. The summed E-state index contributed by atoms with van der Waals surface area (Å²) in [5.41, 5.74) is 0.920. The zero-order valence-electron chi connectivity index (χ0n) is 13.9. The lowest BCUT2D eigenvalue weighted by Gasteiger charge is -2.09. The van der Waals surface area contributed by atoms with Gasteiger partial charge in [0.05, 0.1) is 26.9 Å². The van der Waals surface area contributed by atoms with Gasteiger partial charge in [0.1, 0.15) is 12.4 Å². The number of methoxy groups -OCH3 is 3. The smallest absolute Gasteiger partial charge is 0.374 e. The molecule has 7 heteroatoms. The van der Waals surface area contributed by atoms with Crippen LogP contribution < -0.4 is 9.47 Å². The second-order valence-corrected chi connectivity index (χ2v) is 4.86. The lowest BCUT2D eigenvalue weighted by atomic mass is 10.2. The van der Waals surface area contributed by atoms with Gasteiger partial charge in [-0.15, -0.1) is 0 Å². The molecule has 0 radical (unpaired) electrons. The number of carbonyl (C=O) groups is 2. The molecule has 0 spiro atoms. The molecule has 0 saturated carbocycles. The molecule has 0 amide bonds. The van der Waals surface area contributed by atoms with E-state index in [1.807, 2.05) is 0 Å². The van der Waals surface area contributed by atoms with Crippen LogP contribution in [0.25, 0.3) is 0 Å². The fourth-order valence-electron chi connectivity index (χ4n) is 2.10. The molecule has 2 aromatic rings. The van der Waals surface area contributed by atoms with E-state index in [9.17, 15) is 9.59 Å². The Morgan fingerprint density at radius 2 is 1.71 bits per heavy atom. The van der Waals surface area contributed by atoms with Gasteiger partial charge in [-0.1, -0.05) is 0 Å². The van der Waals surface area contributed by atoms with Crippen molar-refractivity contribution in [2.24, 2.45) is 0 Å². The second kappa shape index (κ2) is 7.54. The Morgan fingerprint density at radius 3 is 2.33 bits per heavy atom. The molecule has 1 heterocycles. The minimum atomic E-state index is -0.579. The maximum absolute atomic E-state index is 12.1. The van der Waals surface area contributed by atoms with Crippen LogP contribution in [0.4, 0.5) is 0 Å². The molecule has 0 unspecified atom stereocenters. The predicted octanol–water partition coefficient (Wildman–Crippen LogP) is 2.75. The van der Waals surface area contributed by atoms with Crippen LogP contribution >= 0.6 is 0 Å². The third-order valence-corrected chi connectivity index (χ3v) is 3.30. The molecule has 0 aliphatic rings. The van der Waals surface area contributed by atoms with Gasteiger partial charge in [-0.3, -0.25) is 0 Å². The topological polar surface area (TPSA) is 84.2 Å². The Bertz CT molecular complexity index is 745. The first-order chi connectivity index (χ1) is 11.5. The van der Waals surface area contributed by atoms with Gasteiger partial charge < -0.3 is 23.4 Å². The maximum Gasteiger partial charge on any atom is 0.374 e. The Balaban J connectivity index is 2.07. The molecule has 24 heavy (non-hydrogen) atoms. The van der Waals surface area contributed by atoms with Crippen molar-refractivity contribution in [1.29, 1.82) is 0 Å². The van der Waals surface area contributed by atoms with Crippen LogP contribution in [-0.2, 0) is 16.1 Å². The number of furan rings is 1. The average molecular weight is 334 g/mol. The number of ether oxygens (including phenoxy) is 4. The minimum absolute atomic E-state index is 0.0923. The number of hydrogen-bond donors (Lipinski definition) is 0. The third kappa shape index (κ3) is 3.68. The van der Waals surface area contributed by atoms with E-state index in [-0.39, 0.29) is 12.4 Å². The largest absolute Gasteiger partial charge is 0.493 e. The first-order valence-electron chi connectivity index (χ1n) is 7.07. The van der Waals surface area contributed by atoms with Crippen LogP contribution in [0.15, 0.2) is 28.7 Å². The van der Waals surface area contributed by atoms with Gasteiger partial charge in [-0.2, -0.15) is 0 Å². The van der Waals surface area contributed by atoms with Crippen LogP contribution in [0.2, 0.25) is 0 Å². The van der Waals surface area contributed by atoms with Crippen molar-refractivity contribution in [3.63, 3.8) is 0 Å². The molecule has 2 rings (SSSR count). The minimum Gasteiger partial charge on any atom is -0.493 e. The normalized spacial score (nSPS) is 10.2. The van der Waals surface area contributed by atoms with E-state index in [0.29, 0.717) is 28.4 Å². The van der Waals surface area contributed by atoms with Crippen LogP contribution in [0.3, 0.4) is 0 Å². The molecule has 0 aliphatic heterocycles. The summed E-state index contributed by atoms with van der Waals surface area (Å²) in [5, 5.41) is 0. The molecular formula is C17H18O7. The van der Waals surface area contributed by atoms with Gasteiger partial charge in [0, 0.05) is 5.56 Å². The number of esters is 2. The Morgan fingerprint density at radius 1 is 1.00 bits per heavy atom. The fourth-order valence-corrected chi connectivity index (χ4v) is 2.10. The summed E-state index contributed by atoms with van der Waals surface area (Å²) in [6.45, 7) is 1.60. The van der Waals surface area contributed by atoms with Gasteiger partial charge in [0.15, 0.2) is 11.5 Å². The zero-order chi connectivity index (χ0) is 17.7. The third-order valence-electron chi connectivity index (χ3n) is 3.30. The highest BCUT2D eigenvalue weighted by molar-refractivity contribution is 5.90. The zero-order valence-corrected chi connectivity index (χ0v) is 13.9. The number of hydrogen-bond acceptors (Lipinski definition) is 7. The quantitative estimate of drug-likeness (QED) is 0.751. The van der Waals surface area contributed by atoms with Crippen molar-refractivity contribution >= 4 is 11.9 Å². The molecule has 0 atom stereocenters. The fraction of sp³-hybridized carbons (Fsp3) is 0.294. The van der Waals surface area contributed by atoms with E-state index in [4.69, 9.17) is 18.6 Å². The molecule has 128 valence electrons. The van der Waals surface area contributed by atoms with E-state index in [0.717, 1.165) is 0 Å². The van der Waals surface area contributed by atoms with E-state index < -0.39 is 11.9 Å². The molecule has 1 aromatic carbocycles. The van der Waals surface area contributed by atoms with Gasteiger partial charge in [-0.05, 0) is 31.2 Å². The van der Waals surface area contributed by atoms with Gasteiger partial charge >= 0.3 is 11.9 Å². The number of aryl methyl sites for hydroxylation is 1. The van der Waals surface area contributed by atoms with E-state index in [2.05, 4.69) is 4.74 Å². The number of carbonyl (C=O) groups excluding carboxylic acids is 2. The molecule has 0 saturated heterocycles.